The van der Waals surface area contributed by atoms with E-state index >= 15 is 0 Å². The summed E-state index contributed by atoms with van der Waals surface area (Å²) in [5.74, 6) is 0.766. The maximum absolute atomic E-state index is 10.3. The van der Waals surface area contributed by atoms with Crippen LogP contribution in [0.2, 0.25) is 0 Å². The molecule has 2 aromatic rings. The molecule has 0 saturated heterocycles. The smallest absolute Gasteiger partial charge is 0.127 e. The van der Waals surface area contributed by atoms with E-state index in [9.17, 15) is 5.11 Å². The van der Waals surface area contributed by atoms with E-state index in [0.29, 0.717) is 6.42 Å². The molecule has 0 aromatic heterocycles. The molecule has 2 nitrogen and oxygen atoms in total. The minimum atomic E-state index is -0.470. The molecule has 0 fully saturated rings. The Hall–Kier alpha value is -1.32. The maximum Gasteiger partial charge on any atom is 0.127 e. The number of hydrogen-bond acceptors (Lipinski definition) is 2. The second-order valence-electron chi connectivity index (χ2n) is 5.14. The summed E-state index contributed by atoms with van der Waals surface area (Å²) in [7, 11) is 0. The first-order chi connectivity index (χ1) is 9.67. The summed E-state index contributed by atoms with van der Waals surface area (Å²) >= 11 is 3.44. The first-order valence-electron chi connectivity index (χ1n) is 6.90. The summed E-state index contributed by atoms with van der Waals surface area (Å²) < 4.78 is 7.02. The van der Waals surface area contributed by atoms with E-state index < -0.39 is 6.10 Å². The first-order valence-corrected chi connectivity index (χ1v) is 7.69. The van der Waals surface area contributed by atoms with E-state index in [2.05, 4.69) is 47.1 Å². The Morgan fingerprint density at radius 2 is 1.95 bits per heavy atom. The van der Waals surface area contributed by atoms with Crippen molar-refractivity contribution >= 4 is 15.9 Å². The zero-order chi connectivity index (χ0) is 14.1. The van der Waals surface area contributed by atoms with Crippen molar-refractivity contribution in [2.24, 2.45) is 0 Å². The fraction of sp³-hybridized carbons (Fsp3) is 0.294. The highest BCUT2D eigenvalue weighted by Gasteiger charge is 2.28. The number of aliphatic hydroxyl groups excluding tert-OH is 1. The van der Waals surface area contributed by atoms with E-state index in [1.54, 1.807) is 0 Å². The molecule has 20 heavy (non-hydrogen) atoms. The van der Waals surface area contributed by atoms with Crippen LogP contribution in [-0.2, 0) is 6.42 Å². The molecule has 0 aliphatic carbocycles. The molecular formula is C17H17BrO2. The van der Waals surface area contributed by atoms with Gasteiger partial charge in [0.05, 0.1) is 6.10 Å². The van der Waals surface area contributed by atoms with Gasteiger partial charge in [0.25, 0.3) is 0 Å². The van der Waals surface area contributed by atoms with Gasteiger partial charge in [0.15, 0.2) is 0 Å². The van der Waals surface area contributed by atoms with Crippen LogP contribution in [0.25, 0.3) is 0 Å². The largest absolute Gasteiger partial charge is 0.485 e. The number of fused-ring (bicyclic) bond motifs is 1. The molecule has 1 heterocycles. The zero-order valence-electron chi connectivity index (χ0n) is 11.3. The average molecular weight is 333 g/mol. The number of hydrogen-bond donors (Lipinski definition) is 1. The van der Waals surface area contributed by atoms with E-state index in [1.165, 1.54) is 5.56 Å². The summed E-state index contributed by atoms with van der Waals surface area (Å²) in [6.07, 6.45) is 1.07. The molecule has 3 rings (SSSR count). The van der Waals surface area contributed by atoms with Crippen LogP contribution in [0.15, 0.2) is 46.9 Å². The first kappa shape index (κ1) is 13.7. The second kappa shape index (κ2) is 5.58. The van der Waals surface area contributed by atoms with E-state index in [-0.39, 0.29) is 6.10 Å². The van der Waals surface area contributed by atoms with Crippen molar-refractivity contribution < 1.29 is 9.84 Å². The van der Waals surface area contributed by atoms with Gasteiger partial charge in [-0.2, -0.15) is 0 Å². The lowest BCUT2D eigenvalue weighted by Crippen LogP contribution is -2.19. The van der Waals surface area contributed by atoms with Crippen molar-refractivity contribution in [2.75, 3.05) is 0 Å². The molecular weight excluding hydrogens is 316 g/mol. The fourth-order valence-electron chi connectivity index (χ4n) is 2.59. The maximum atomic E-state index is 10.3. The Morgan fingerprint density at radius 1 is 1.20 bits per heavy atom. The highest BCUT2D eigenvalue weighted by atomic mass is 79.9. The Bertz CT molecular complexity index is 607. The molecule has 2 atom stereocenters. The lowest BCUT2D eigenvalue weighted by molar-refractivity contribution is 0.0657. The standard InChI is InChI=1S/C17H17BrO2/c1-2-11-3-5-12(6-4-11)16-10-15(19)14-8-7-13(18)9-17(14)20-16/h3-9,15-16,19H,2,10H2,1H3. The van der Waals surface area contributed by atoms with Gasteiger partial charge >= 0.3 is 0 Å². The van der Waals surface area contributed by atoms with Gasteiger partial charge in [-0.3, -0.25) is 0 Å². The van der Waals surface area contributed by atoms with Crippen molar-refractivity contribution in [3.63, 3.8) is 0 Å². The van der Waals surface area contributed by atoms with E-state index in [1.807, 2.05) is 18.2 Å². The van der Waals surface area contributed by atoms with Crippen molar-refractivity contribution in [3.05, 3.63) is 63.6 Å². The Kier molecular flexibility index (Phi) is 3.81. The third-order valence-corrected chi connectivity index (χ3v) is 4.29. The number of aryl methyl sites for hydroxylation is 1. The van der Waals surface area contributed by atoms with Crippen LogP contribution in [-0.4, -0.2) is 5.11 Å². The van der Waals surface area contributed by atoms with Crippen LogP contribution in [0.1, 0.15) is 42.2 Å². The molecule has 1 N–H and O–H groups in total. The van der Waals surface area contributed by atoms with Gasteiger partial charge in [-0.05, 0) is 29.7 Å². The highest BCUT2D eigenvalue weighted by molar-refractivity contribution is 9.10. The van der Waals surface area contributed by atoms with Gasteiger partial charge in [-0.25, -0.2) is 0 Å². The van der Waals surface area contributed by atoms with Gasteiger partial charge in [-0.1, -0.05) is 53.2 Å². The third kappa shape index (κ3) is 2.60. The molecule has 2 unspecified atom stereocenters. The number of rotatable bonds is 2. The van der Waals surface area contributed by atoms with Crippen LogP contribution < -0.4 is 4.74 Å². The predicted molar refractivity (Wildman–Crippen MR) is 82.9 cm³/mol. The highest BCUT2D eigenvalue weighted by Crippen LogP contribution is 2.41. The van der Waals surface area contributed by atoms with Crippen molar-refractivity contribution in [2.45, 2.75) is 32.0 Å². The molecule has 104 valence electrons. The van der Waals surface area contributed by atoms with E-state index in [4.69, 9.17) is 4.74 Å². The predicted octanol–water partition coefficient (Wildman–Crippen LogP) is 4.57. The minimum Gasteiger partial charge on any atom is -0.485 e. The Morgan fingerprint density at radius 3 is 2.65 bits per heavy atom. The van der Waals surface area contributed by atoms with Crippen molar-refractivity contribution in [1.82, 2.24) is 0 Å². The number of aliphatic hydroxyl groups is 1. The lowest BCUT2D eigenvalue weighted by atomic mass is 9.94. The molecule has 3 heteroatoms. The number of halogens is 1. The molecule has 1 aliphatic rings. The molecule has 2 aromatic carbocycles. The fourth-order valence-corrected chi connectivity index (χ4v) is 2.93. The third-order valence-electron chi connectivity index (χ3n) is 3.80. The monoisotopic (exact) mass is 332 g/mol. The van der Waals surface area contributed by atoms with Crippen molar-refractivity contribution in [1.29, 1.82) is 0 Å². The Labute approximate surface area is 127 Å². The van der Waals surface area contributed by atoms with Gasteiger partial charge in [0.1, 0.15) is 11.9 Å². The summed E-state index contributed by atoms with van der Waals surface area (Å²) in [5.41, 5.74) is 3.30. The summed E-state index contributed by atoms with van der Waals surface area (Å²) in [5, 5.41) is 10.3. The SMILES string of the molecule is CCc1ccc(C2CC(O)c3ccc(Br)cc3O2)cc1. The van der Waals surface area contributed by atoms with Crippen LogP contribution in [0, 0.1) is 0 Å². The van der Waals surface area contributed by atoms with Crippen LogP contribution in [0.4, 0.5) is 0 Å². The van der Waals surface area contributed by atoms with Crippen LogP contribution in [0.3, 0.4) is 0 Å². The Balaban J connectivity index is 1.89. The number of benzene rings is 2. The van der Waals surface area contributed by atoms with Gasteiger partial charge in [0, 0.05) is 16.5 Å². The summed E-state index contributed by atoms with van der Waals surface area (Å²) in [6, 6.07) is 14.2. The average Bonchev–Trinajstić information content (AvgIpc) is 2.46. The van der Waals surface area contributed by atoms with Crippen LogP contribution in [0.5, 0.6) is 5.75 Å². The lowest BCUT2D eigenvalue weighted by Gasteiger charge is -2.30. The van der Waals surface area contributed by atoms with E-state index in [0.717, 1.165) is 27.8 Å². The van der Waals surface area contributed by atoms with Gasteiger partial charge < -0.3 is 9.84 Å². The summed E-state index contributed by atoms with van der Waals surface area (Å²) in [6.45, 7) is 2.14. The summed E-state index contributed by atoms with van der Waals surface area (Å²) in [4.78, 5) is 0. The topological polar surface area (TPSA) is 29.5 Å². The number of ether oxygens (including phenoxy) is 1. The zero-order valence-corrected chi connectivity index (χ0v) is 12.9. The van der Waals surface area contributed by atoms with Crippen LogP contribution >= 0.6 is 15.9 Å². The molecule has 0 radical (unpaired) electrons. The molecule has 0 saturated carbocycles. The molecule has 0 spiro atoms. The minimum absolute atomic E-state index is 0.0855. The van der Waals surface area contributed by atoms with Gasteiger partial charge in [0.2, 0.25) is 0 Å². The molecule has 0 bridgehead atoms. The van der Waals surface area contributed by atoms with Crippen molar-refractivity contribution in [3.8, 4) is 5.75 Å². The second-order valence-corrected chi connectivity index (χ2v) is 6.05. The quantitative estimate of drug-likeness (QED) is 0.872. The molecule has 0 amide bonds. The molecule has 1 aliphatic heterocycles. The normalized spacial score (nSPS) is 21.1. The van der Waals surface area contributed by atoms with Gasteiger partial charge in [-0.15, -0.1) is 0 Å².